The van der Waals surface area contributed by atoms with E-state index in [0.717, 1.165) is 6.92 Å². The monoisotopic (exact) mass is 858 g/mol. The van der Waals surface area contributed by atoms with E-state index in [1.165, 1.54) is 0 Å². The van der Waals surface area contributed by atoms with Crippen molar-refractivity contribution in [3.63, 3.8) is 0 Å². The Kier molecular flexibility index (Phi) is 27.5. The molecule has 0 bridgehead atoms. The van der Waals surface area contributed by atoms with E-state index >= 15 is 0 Å². The van der Waals surface area contributed by atoms with Gasteiger partial charge in [-0.25, -0.2) is 0 Å². The third kappa shape index (κ3) is 10.9. The summed E-state index contributed by atoms with van der Waals surface area (Å²) in [5.41, 5.74) is -0.447. The Hall–Kier alpha value is 3.34. The number of carbonyl (C=O) groups is 1. The number of aliphatic hydroxyl groups is 3. The maximum absolute atomic E-state index is 10.5. The summed E-state index contributed by atoms with van der Waals surface area (Å²) in [6, 6.07) is 0. The van der Waals surface area contributed by atoms with Crippen LogP contribution in [0.4, 0.5) is 0 Å². The van der Waals surface area contributed by atoms with Gasteiger partial charge in [0.25, 0.3) is 0 Å². The molecule has 0 saturated carbocycles. The van der Waals surface area contributed by atoms with Gasteiger partial charge in [-0.05, 0) is 6.92 Å². The van der Waals surface area contributed by atoms with E-state index in [1.807, 2.05) is 0 Å². The SMILES string of the molecule is CC(=O)[C@H](O)[C@H](O)/C(CO)=N\O.[Ac].[Ac].[Ac]. The van der Waals surface area contributed by atoms with Crippen LogP contribution in [-0.4, -0.2) is 50.8 Å². The summed E-state index contributed by atoms with van der Waals surface area (Å²) in [5, 5.41) is 37.1. The average Bonchev–Trinajstić information content (AvgIpc) is 2.05. The molecular formula is C6H11Ac3NO5. The normalized spacial score (nSPS) is 13.7. The number of rotatable bonds is 4. The third-order valence-electron chi connectivity index (χ3n) is 1.35. The second-order valence-corrected chi connectivity index (χ2v) is 2.25. The van der Waals surface area contributed by atoms with Gasteiger partial charge in [0.1, 0.15) is 17.9 Å². The quantitative estimate of drug-likeness (QED) is 0.151. The molecule has 0 aromatic heterocycles. The maximum atomic E-state index is 10.5. The Labute approximate surface area is 195 Å². The van der Waals surface area contributed by atoms with Crippen molar-refractivity contribution in [2.75, 3.05) is 6.61 Å². The largest absolute Gasteiger partial charge is 0.411 e. The van der Waals surface area contributed by atoms with Crippen LogP contribution in [0.3, 0.4) is 0 Å². The van der Waals surface area contributed by atoms with Gasteiger partial charge in [0.05, 0.1) is 6.61 Å². The molecule has 0 aliphatic heterocycles. The predicted octanol–water partition coefficient (Wildman–Crippen LogP) is -1.88. The van der Waals surface area contributed by atoms with Crippen molar-refractivity contribution in [2.45, 2.75) is 19.1 Å². The zero-order valence-corrected chi connectivity index (χ0v) is 22.5. The van der Waals surface area contributed by atoms with E-state index in [0.29, 0.717) is 0 Å². The van der Waals surface area contributed by atoms with E-state index in [9.17, 15) is 4.79 Å². The summed E-state index contributed by atoms with van der Waals surface area (Å²) in [4.78, 5) is 10.5. The van der Waals surface area contributed by atoms with Gasteiger partial charge in [0.15, 0.2) is 5.78 Å². The standard InChI is InChI=1S/C6H11NO5.3Ac/c1-3(9)5(10)6(11)4(2-8)7-12;;;/h5-6,8,10-12H,2H2,1H3;;;/b7-4-;;;/t5-,6+;;;/m0.../s1. The average molecular weight is 858 g/mol. The van der Waals surface area contributed by atoms with Crippen molar-refractivity contribution in [1.82, 2.24) is 0 Å². The van der Waals surface area contributed by atoms with Gasteiger partial charge in [0.2, 0.25) is 0 Å². The number of oxime groups is 1. The molecule has 0 unspecified atom stereocenters. The van der Waals surface area contributed by atoms with E-state index in [2.05, 4.69) is 5.16 Å². The summed E-state index contributed by atoms with van der Waals surface area (Å²) < 4.78 is 0. The van der Waals surface area contributed by atoms with Crippen molar-refractivity contribution in [2.24, 2.45) is 5.16 Å². The number of nitrogens with zero attached hydrogens (tertiary/aromatic N) is 1. The first-order valence-electron chi connectivity index (χ1n) is 3.22. The van der Waals surface area contributed by atoms with Crippen LogP contribution in [0.1, 0.15) is 6.92 Å². The van der Waals surface area contributed by atoms with E-state index in [1.54, 1.807) is 0 Å². The minimum atomic E-state index is -1.66. The Bertz CT molecular complexity index is 201. The molecule has 2 atom stereocenters. The molecule has 0 aromatic carbocycles. The molecule has 0 rings (SSSR count). The second-order valence-electron chi connectivity index (χ2n) is 2.25. The third-order valence-corrected chi connectivity index (χ3v) is 1.35. The molecule has 9 heteroatoms. The van der Waals surface area contributed by atoms with Crippen molar-refractivity contribution in [3.05, 3.63) is 0 Å². The van der Waals surface area contributed by atoms with Gasteiger partial charge in [-0.3, -0.25) is 4.79 Å². The van der Waals surface area contributed by atoms with Crippen LogP contribution >= 0.6 is 0 Å². The van der Waals surface area contributed by atoms with Gasteiger partial charge >= 0.3 is 0 Å². The van der Waals surface area contributed by atoms with Crippen LogP contribution < -0.4 is 0 Å². The Morgan fingerprint density at radius 3 is 1.80 bits per heavy atom. The van der Waals surface area contributed by atoms with Crippen LogP contribution in [0.5, 0.6) is 0 Å². The molecule has 0 aliphatic carbocycles. The van der Waals surface area contributed by atoms with Crippen LogP contribution in [0.25, 0.3) is 0 Å². The summed E-state index contributed by atoms with van der Waals surface area (Å²) in [5.74, 6) is -0.669. The minimum absolute atomic E-state index is 0. The van der Waals surface area contributed by atoms with Crippen molar-refractivity contribution in [3.8, 4) is 0 Å². The molecule has 0 saturated heterocycles. The molecule has 0 spiro atoms. The summed E-state index contributed by atoms with van der Waals surface area (Å²) in [7, 11) is 0. The molecule has 0 aromatic rings. The van der Waals surface area contributed by atoms with Crippen molar-refractivity contribution >= 4 is 11.5 Å². The zero-order valence-electron chi connectivity index (χ0n) is 8.24. The molecule has 3 radical (unpaired) electrons. The van der Waals surface area contributed by atoms with Crippen LogP contribution in [0.15, 0.2) is 5.16 Å². The fraction of sp³-hybridized carbons (Fsp3) is 0.667. The first-order valence-corrected chi connectivity index (χ1v) is 3.22. The smallest absolute Gasteiger partial charge is 0.161 e. The van der Waals surface area contributed by atoms with E-state index < -0.39 is 30.3 Å². The molecule has 0 amide bonds. The molecule has 0 aliphatic rings. The first-order chi connectivity index (χ1) is 5.54. The Morgan fingerprint density at radius 1 is 1.20 bits per heavy atom. The van der Waals surface area contributed by atoms with Crippen molar-refractivity contribution < 1.29 is 158 Å². The van der Waals surface area contributed by atoms with Crippen LogP contribution in [-0.2, 0) is 4.79 Å². The molecular weight excluding hydrogens is 847 g/mol. The Balaban J connectivity index is -0.000000202. The van der Waals surface area contributed by atoms with Gasteiger partial charge in [-0.15, -0.1) is 0 Å². The molecule has 6 nitrogen and oxygen atoms in total. The minimum Gasteiger partial charge on any atom is -0.411 e. The van der Waals surface area contributed by atoms with E-state index in [4.69, 9.17) is 20.5 Å². The molecule has 0 fully saturated rings. The molecule has 15 heavy (non-hydrogen) atoms. The van der Waals surface area contributed by atoms with Crippen LogP contribution in [0.2, 0.25) is 0 Å². The molecule has 0 heterocycles. The number of carbonyl (C=O) groups excluding carboxylic acids is 1. The fourth-order valence-corrected chi connectivity index (χ4v) is 0.589. The number of hydrogen-bond donors (Lipinski definition) is 4. The first kappa shape index (κ1) is 26.8. The second kappa shape index (κ2) is 15.4. The number of aliphatic hydroxyl groups excluding tert-OH is 3. The van der Waals surface area contributed by atoms with Gasteiger partial charge in [0, 0.05) is 132 Å². The zero-order chi connectivity index (χ0) is 9.72. The van der Waals surface area contributed by atoms with Crippen molar-refractivity contribution in [1.29, 1.82) is 0 Å². The summed E-state index contributed by atoms with van der Waals surface area (Å²) in [6.45, 7) is 0.349. The molecule has 79 valence electrons. The number of hydrogen-bond acceptors (Lipinski definition) is 6. The Morgan fingerprint density at radius 2 is 1.60 bits per heavy atom. The van der Waals surface area contributed by atoms with Gasteiger partial charge < -0.3 is 20.5 Å². The number of ketones is 1. The topological polar surface area (TPSA) is 110 Å². The van der Waals surface area contributed by atoms with Gasteiger partial charge in [-0.1, -0.05) is 5.16 Å². The van der Waals surface area contributed by atoms with Gasteiger partial charge in [-0.2, -0.15) is 0 Å². The summed E-state index contributed by atoms with van der Waals surface area (Å²) >= 11 is 0. The van der Waals surface area contributed by atoms with Crippen LogP contribution in [0, 0.1) is 132 Å². The maximum Gasteiger partial charge on any atom is 0.161 e. The van der Waals surface area contributed by atoms with E-state index in [-0.39, 0.29) is 132 Å². The summed E-state index contributed by atoms with van der Waals surface area (Å²) in [6.07, 6.45) is -3.32. The predicted molar refractivity (Wildman–Crippen MR) is 39.0 cm³/mol. The number of Topliss-reactive ketones (excluding diaryl/α,β-unsaturated/α-hetero) is 1. The fourth-order valence-electron chi connectivity index (χ4n) is 0.589. The molecule has 4 N–H and O–H groups in total.